The molecule has 2 atom stereocenters. The van der Waals surface area contributed by atoms with Crippen molar-refractivity contribution in [1.82, 2.24) is 5.32 Å². The highest BCUT2D eigenvalue weighted by molar-refractivity contribution is 5.78. The molecule has 1 aliphatic carbocycles. The minimum absolute atomic E-state index is 0.00556. The van der Waals surface area contributed by atoms with Crippen LogP contribution in [0.2, 0.25) is 0 Å². The number of nitrogens with one attached hydrogen (secondary N) is 1. The first-order chi connectivity index (χ1) is 7.37. The Morgan fingerprint density at radius 3 is 2.50 bits per heavy atom. The molecule has 3 nitrogen and oxygen atoms in total. The third-order valence-corrected chi connectivity index (χ3v) is 3.05. The van der Waals surface area contributed by atoms with E-state index in [-0.39, 0.29) is 5.54 Å². The molecule has 0 radical (unpaired) electrons. The second-order valence-electron chi connectivity index (χ2n) is 6.16. The van der Waals surface area contributed by atoms with Crippen molar-refractivity contribution < 1.29 is 0 Å². The summed E-state index contributed by atoms with van der Waals surface area (Å²) in [4.78, 5) is 4.60. The Kier molecular flexibility index (Phi) is 4.63. The smallest absolute Gasteiger partial charge is 0.189 e. The van der Waals surface area contributed by atoms with Gasteiger partial charge in [-0.05, 0) is 46.0 Å². The van der Waals surface area contributed by atoms with E-state index in [0.29, 0.717) is 12.0 Å². The Morgan fingerprint density at radius 1 is 1.19 bits per heavy atom. The van der Waals surface area contributed by atoms with Gasteiger partial charge in [0.25, 0.3) is 0 Å². The second-order valence-corrected chi connectivity index (χ2v) is 6.16. The van der Waals surface area contributed by atoms with E-state index in [0.717, 1.165) is 5.92 Å². The Hall–Kier alpha value is -0.730. The molecule has 94 valence electrons. The molecule has 3 heteroatoms. The molecule has 1 saturated carbocycles. The van der Waals surface area contributed by atoms with Crippen LogP contribution in [0, 0.1) is 5.92 Å². The minimum atomic E-state index is 0.00556. The van der Waals surface area contributed by atoms with E-state index in [1.165, 1.54) is 32.1 Å². The average Bonchev–Trinajstić information content (AvgIpc) is 2.27. The van der Waals surface area contributed by atoms with E-state index in [2.05, 4.69) is 38.0 Å². The predicted octanol–water partition coefficient (Wildman–Crippen LogP) is 2.66. The van der Waals surface area contributed by atoms with Crippen molar-refractivity contribution in [2.24, 2.45) is 16.6 Å². The van der Waals surface area contributed by atoms with Crippen LogP contribution >= 0.6 is 0 Å². The molecule has 3 N–H and O–H groups in total. The van der Waals surface area contributed by atoms with E-state index >= 15 is 0 Å². The van der Waals surface area contributed by atoms with Gasteiger partial charge in [0.05, 0.1) is 6.04 Å². The summed E-state index contributed by atoms with van der Waals surface area (Å²) in [5.74, 6) is 1.46. The molecular formula is C13H27N3. The zero-order chi connectivity index (χ0) is 12.2. The first-order valence-corrected chi connectivity index (χ1v) is 6.48. The fraction of sp³-hybridized carbons (Fsp3) is 0.923. The van der Waals surface area contributed by atoms with Crippen LogP contribution in [0.25, 0.3) is 0 Å². The molecular weight excluding hydrogens is 198 g/mol. The standard InChI is InChI=1S/C13H27N3/c1-10-6-5-7-11(9-8-10)15-12(14)16-13(2,3)4/h10-11H,5-9H2,1-4H3,(H3,14,15,16). The lowest BCUT2D eigenvalue weighted by Gasteiger charge is -2.22. The molecule has 1 fully saturated rings. The highest BCUT2D eigenvalue weighted by Gasteiger charge is 2.16. The van der Waals surface area contributed by atoms with Crippen LogP contribution in [0.1, 0.15) is 59.8 Å². The van der Waals surface area contributed by atoms with Crippen LogP contribution in [-0.2, 0) is 0 Å². The van der Waals surface area contributed by atoms with Crippen LogP contribution in [0.15, 0.2) is 4.99 Å². The normalized spacial score (nSPS) is 28.6. The van der Waals surface area contributed by atoms with E-state index in [1.54, 1.807) is 0 Å². The van der Waals surface area contributed by atoms with Gasteiger partial charge in [0, 0.05) is 5.54 Å². The van der Waals surface area contributed by atoms with Gasteiger partial charge < -0.3 is 11.1 Å². The van der Waals surface area contributed by atoms with Gasteiger partial charge in [-0.1, -0.05) is 19.8 Å². The highest BCUT2D eigenvalue weighted by atomic mass is 15.1. The first-order valence-electron chi connectivity index (χ1n) is 6.48. The van der Waals surface area contributed by atoms with Gasteiger partial charge in [-0.3, -0.25) is 4.99 Å². The van der Waals surface area contributed by atoms with Crippen LogP contribution in [0.3, 0.4) is 0 Å². The maximum atomic E-state index is 5.92. The summed E-state index contributed by atoms with van der Waals surface area (Å²) in [5.41, 5.74) is 5.92. The number of hydrogen-bond donors (Lipinski definition) is 2. The maximum Gasteiger partial charge on any atom is 0.189 e. The molecule has 0 aromatic heterocycles. The van der Waals surface area contributed by atoms with Crippen molar-refractivity contribution in [1.29, 1.82) is 0 Å². The monoisotopic (exact) mass is 225 g/mol. The van der Waals surface area contributed by atoms with Crippen molar-refractivity contribution in [2.45, 2.75) is 71.4 Å². The number of rotatable bonds is 1. The van der Waals surface area contributed by atoms with E-state index in [1.807, 2.05) is 0 Å². The first kappa shape index (κ1) is 13.3. The molecule has 0 heterocycles. The molecule has 0 aliphatic heterocycles. The SMILES string of the molecule is CC1CCCC(N=C(N)NC(C)(C)C)CC1. The van der Waals surface area contributed by atoms with E-state index < -0.39 is 0 Å². The molecule has 0 bridgehead atoms. The largest absolute Gasteiger partial charge is 0.370 e. The van der Waals surface area contributed by atoms with Crippen molar-refractivity contribution in [2.75, 3.05) is 0 Å². The zero-order valence-corrected chi connectivity index (χ0v) is 11.2. The fourth-order valence-electron chi connectivity index (χ4n) is 2.21. The summed E-state index contributed by atoms with van der Waals surface area (Å²) >= 11 is 0. The Labute approximate surface area is 99.9 Å². The Morgan fingerprint density at radius 2 is 1.88 bits per heavy atom. The van der Waals surface area contributed by atoms with Gasteiger partial charge in [0.15, 0.2) is 5.96 Å². The van der Waals surface area contributed by atoms with Gasteiger partial charge in [0.1, 0.15) is 0 Å². The number of nitrogens with zero attached hydrogens (tertiary/aromatic N) is 1. The number of nitrogens with two attached hydrogens (primary N) is 1. The lowest BCUT2D eigenvalue weighted by atomic mass is 10.0. The maximum absolute atomic E-state index is 5.92. The highest BCUT2D eigenvalue weighted by Crippen LogP contribution is 2.24. The molecule has 0 aromatic carbocycles. The molecule has 0 saturated heterocycles. The summed E-state index contributed by atoms with van der Waals surface area (Å²) < 4.78 is 0. The Balaban J connectivity index is 2.48. The molecule has 1 rings (SSSR count). The summed E-state index contributed by atoms with van der Waals surface area (Å²) in [6, 6.07) is 0.430. The van der Waals surface area contributed by atoms with Crippen molar-refractivity contribution in [3.63, 3.8) is 0 Å². The van der Waals surface area contributed by atoms with Gasteiger partial charge in [-0.2, -0.15) is 0 Å². The van der Waals surface area contributed by atoms with E-state index in [9.17, 15) is 0 Å². The third kappa shape index (κ3) is 5.38. The zero-order valence-electron chi connectivity index (χ0n) is 11.2. The number of hydrogen-bond acceptors (Lipinski definition) is 1. The topological polar surface area (TPSA) is 50.4 Å². The minimum Gasteiger partial charge on any atom is -0.370 e. The molecule has 16 heavy (non-hydrogen) atoms. The van der Waals surface area contributed by atoms with Crippen molar-refractivity contribution in [3.05, 3.63) is 0 Å². The molecule has 1 aliphatic rings. The molecule has 0 spiro atoms. The van der Waals surface area contributed by atoms with Crippen LogP contribution < -0.4 is 11.1 Å². The molecule has 0 amide bonds. The fourth-order valence-corrected chi connectivity index (χ4v) is 2.21. The predicted molar refractivity (Wildman–Crippen MR) is 70.5 cm³/mol. The lowest BCUT2D eigenvalue weighted by Crippen LogP contribution is -2.45. The number of aliphatic imine (C=N–C) groups is 1. The van der Waals surface area contributed by atoms with Crippen LogP contribution in [-0.4, -0.2) is 17.5 Å². The molecule has 2 unspecified atom stereocenters. The lowest BCUT2D eigenvalue weighted by molar-refractivity contribution is 0.492. The molecule has 0 aromatic rings. The summed E-state index contributed by atoms with van der Waals surface area (Å²) in [7, 11) is 0. The van der Waals surface area contributed by atoms with E-state index in [4.69, 9.17) is 5.73 Å². The average molecular weight is 225 g/mol. The second kappa shape index (κ2) is 5.55. The van der Waals surface area contributed by atoms with Gasteiger partial charge >= 0.3 is 0 Å². The van der Waals surface area contributed by atoms with Crippen molar-refractivity contribution in [3.8, 4) is 0 Å². The van der Waals surface area contributed by atoms with Crippen LogP contribution in [0.5, 0.6) is 0 Å². The van der Waals surface area contributed by atoms with Gasteiger partial charge in [-0.25, -0.2) is 0 Å². The summed E-state index contributed by atoms with van der Waals surface area (Å²) in [5, 5.41) is 3.23. The summed E-state index contributed by atoms with van der Waals surface area (Å²) in [6.07, 6.45) is 6.30. The summed E-state index contributed by atoms with van der Waals surface area (Å²) in [6.45, 7) is 8.64. The van der Waals surface area contributed by atoms with Gasteiger partial charge in [-0.15, -0.1) is 0 Å². The third-order valence-electron chi connectivity index (χ3n) is 3.05. The van der Waals surface area contributed by atoms with Gasteiger partial charge in [0.2, 0.25) is 0 Å². The van der Waals surface area contributed by atoms with Crippen molar-refractivity contribution >= 4 is 5.96 Å². The number of guanidine groups is 1. The Bertz CT molecular complexity index is 240. The quantitative estimate of drug-likeness (QED) is 0.409. The van der Waals surface area contributed by atoms with Crippen LogP contribution in [0.4, 0.5) is 0 Å².